The molecule has 0 spiro atoms. The van der Waals surface area contributed by atoms with Gasteiger partial charge >= 0.3 is 0 Å². The highest BCUT2D eigenvalue weighted by atomic mass is 15.3. The van der Waals surface area contributed by atoms with Crippen LogP contribution in [0.15, 0.2) is 12.3 Å². The average molecular weight is 210 g/mol. The number of likely N-dealkylation sites (N-methyl/N-ethyl adjacent to an activating group) is 1. The van der Waals surface area contributed by atoms with Crippen molar-refractivity contribution in [1.29, 1.82) is 0 Å². The van der Waals surface area contributed by atoms with Gasteiger partial charge in [-0.25, -0.2) is 0 Å². The average Bonchev–Trinajstić information content (AvgIpc) is 2.58. The Morgan fingerprint density at radius 3 is 2.73 bits per heavy atom. The molecule has 0 fully saturated rings. The molecule has 0 aliphatic heterocycles. The standard InChI is InChI=1S/C11H22N4/c1-10(2)4-6-14(3)8-9-15-7-5-11(12)13-15/h5,7,10H,4,6,8-9H2,1-3H3,(H2,12,13). The molecule has 4 heteroatoms. The van der Waals surface area contributed by atoms with E-state index in [4.69, 9.17) is 5.73 Å². The van der Waals surface area contributed by atoms with E-state index in [-0.39, 0.29) is 0 Å². The van der Waals surface area contributed by atoms with Gasteiger partial charge in [-0.2, -0.15) is 5.10 Å². The largest absolute Gasteiger partial charge is 0.382 e. The van der Waals surface area contributed by atoms with Gasteiger partial charge in [0.05, 0.1) is 6.54 Å². The molecule has 0 aliphatic carbocycles. The van der Waals surface area contributed by atoms with Crippen LogP contribution in [-0.2, 0) is 6.54 Å². The smallest absolute Gasteiger partial charge is 0.145 e. The van der Waals surface area contributed by atoms with Crippen molar-refractivity contribution in [3.05, 3.63) is 12.3 Å². The van der Waals surface area contributed by atoms with Crippen LogP contribution in [0.4, 0.5) is 5.82 Å². The normalized spacial score (nSPS) is 11.5. The highest BCUT2D eigenvalue weighted by molar-refractivity contribution is 5.23. The lowest BCUT2D eigenvalue weighted by atomic mass is 10.1. The summed E-state index contributed by atoms with van der Waals surface area (Å²) in [5, 5.41) is 4.15. The van der Waals surface area contributed by atoms with E-state index in [9.17, 15) is 0 Å². The van der Waals surface area contributed by atoms with Gasteiger partial charge in [0.25, 0.3) is 0 Å². The first kappa shape index (κ1) is 12.0. The fourth-order valence-electron chi connectivity index (χ4n) is 1.37. The lowest BCUT2D eigenvalue weighted by molar-refractivity contribution is 0.293. The Morgan fingerprint density at radius 1 is 1.47 bits per heavy atom. The summed E-state index contributed by atoms with van der Waals surface area (Å²) in [4.78, 5) is 2.33. The van der Waals surface area contributed by atoms with Gasteiger partial charge in [0.2, 0.25) is 0 Å². The van der Waals surface area contributed by atoms with E-state index < -0.39 is 0 Å². The molecule has 1 rings (SSSR count). The predicted octanol–water partition coefficient (Wildman–Crippen LogP) is 1.44. The van der Waals surface area contributed by atoms with E-state index in [0.29, 0.717) is 5.82 Å². The second-order valence-electron chi connectivity index (χ2n) is 4.49. The van der Waals surface area contributed by atoms with Crippen LogP contribution in [0.1, 0.15) is 20.3 Å². The van der Waals surface area contributed by atoms with Crippen molar-refractivity contribution in [3.63, 3.8) is 0 Å². The molecule has 0 unspecified atom stereocenters. The van der Waals surface area contributed by atoms with E-state index in [1.807, 2.05) is 16.9 Å². The Balaban J connectivity index is 2.19. The van der Waals surface area contributed by atoms with E-state index in [2.05, 4.69) is 30.9 Å². The Bertz CT molecular complexity index is 280. The van der Waals surface area contributed by atoms with E-state index in [1.165, 1.54) is 6.42 Å². The summed E-state index contributed by atoms with van der Waals surface area (Å²) in [6.07, 6.45) is 3.17. The second-order valence-corrected chi connectivity index (χ2v) is 4.49. The van der Waals surface area contributed by atoms with Crippen molar-refractivity contribution < 1.29 is 0 Å². The Hall–Kier alpha value is -1.03. The number of aromatic nitrogens is 2. The van der Waals surface area contributed by atoms with Gasteiger partial charge in [-0.3, -0.25) is 4.68 Å². The maximum atomic E-state index is 5.54. The number of anilines is 1. The summed E-state index contributed by atoms with van der Waals surface area (Å²) in [6.45, 7) is 7.58. The maximum Gasteiger partial charge on any atom is 0.145 e. The van der Waals surface area contributed by atoms with Crippen LogP contribution in [0, 0.1) is 5.92 Å². The molecule has 0 bridgehead atoms. The summed E-state index contributed by atoms with van der Waals surface area (Å²) in [5.41, 5.74) is 5.54. The third-order valence-electron chi connectivity index (χ3n) is 2.46. The van der Waals surface area contributed by atoms with Crippen molar-refractivity contribution in [1.82, 2.24) is 14.7 Å². The third kappa shape index (κ3) is 4.83. The number of hydrogen-bond acceptors (Lipinski definition) is 3. The van der Waals surface area contributed by atoms with Crippen LogP contribution < -0.4 is 5.73 Å². The maximum absolute atomic E-state index is 5.54. The molecule has 0 aromatic carbocycles. The van der Waals surface area contributed by atoms with Gasteiger partial charge in [0.15, 0.2) is 0 Å². The van der Waals surface area contributed by atoms with Gasteiger partial charge in [-0.15, -0.1) is 0 Å². The Morgan fingerprint density at radius 2 is 2.20 bits per heavy atom. The lowest BCUT2D eigenvalue weighted by Gasteiger charge is -2.17. The first-order chi connectivity index (χ1) is 7.08. The van der Waals surface area contributed by atoms with Gasteiger partial charge in [-0.1, -0.05) is 13.8 Å². The molecule has 1 aromatic rings. The van der Waals surface area contributed by atoms with E-state index >= 15 is 0 Å². The minimum absolute atomic E-state index is 0.597. The zero-order chi connectivity index (χ0) is 11.3. The quantitative estimate of drug-likeness (QED) is 0.773. The molecule has 0 amide bonds. The van der Waals surface area contributed by atoms with Gasteiger partial charge in [0.1, 0.15) is 5.82 Å². The fourth-order valence-corrected chi connectivity index (χ4v) is 1.37. The lowest BCUT2D eigenvalue weighted by Crippen LogP contribution is -2.25. The van der Waals surface area contributed by atoms with Gasteiger partial charge in [0, 0.05) is 12.7 Å². The Labute approximate surface area is 92.1 Å². The number of rotatable bonds is 6. The first-order valence-electron chi connectivity index (χ1n) is 5.55. The minimum Gasteiger partial charge on any atom is -0.382 e. The summed E-state index contributed by atoms with van der Waals surface area (Å²) >= 11 is 0. The highest BCUT2D eigenvalue weighted by Gasteiger charge is 2.01. The Kier molecular flexibility index (Phi) is 4.62. The van der Waals surface area contributed by atoms with Crippen LogP contribution in [-0.4, -0.2) is 34.8 Å². The van der Waals surface area contributed by atoms with E-state index in [1.54, 1.807) is 0 Å². The zero-order valence-corrected chi connectivity index (χ0v) is 9.98. The second kappa shape index (κ2) is 5.75. The summed E-state index contributed by atoms with van der Waals surface area (Å²) in [5.74, 6) is 1.37. The molecular formula is C11H22N4. The van der Waals surface area contributed by atoms with Crippen molar-refractivity contribution in [2.24, 2.45) is 5.92 Å². The van der Waals surface area contributed by atoms with Crippen LogP contribution in [0.25, 0.3) is 0 Å². The fraction of sp³-hybridized carbons (Fsp3) is 0.727. The molecule has 0 atom stereocenters. The highest BCUT2D eigenvalue weighted by Crippen LogP contribution is 2.01. The number of nitrogens with two attached hydrogens (primary N) is 1. The van der Waals surface area contributed by atoms with Crippen LogP contribution in [0.5, 0.6) is 0 Å². The van der Waals surface area contributed by atoms with Gasteiger partial charge < -0.3 is 10.6 Å². The molecule has 4 nitrogen and oxygen atoms in total. The summed E-state index contributed by atoms with van der Waals surface area (Å²) in [7, 11) is 2.15. The van der Waals surface area contributed by atoms with Crippen molar-refractivity contribution in [3.8, 4) is 0 Å². The number of nitrogens with zero attached hydrogens (tertiary/aromatic N) is 3. The molecular weight excluding hydrogens is 188 g/mol. The molecule has 0 radical (unpaired) electrons. The molecule has 1 aromatic heterocycles. The van der Waals surface area contributed by atoms with Crippen molar-refractivity contribution in [2.75, 3.05) is 25.9 Å². The zero-order valence-electron chi connectivity index (χ0n) is 9.98. The molecule has 0 saturated heterocycles. The SMILES string of the molecule is CC(C)CCN(C)CCn1ccc(N)n1. The monoisotopic (exact) mass is 210 g/mol. The van der Waals surface area contributed by atoms with Gasteiger partial charge in [-0.05, 0) is 32.0 Å². The molecule has 1 heterocycles. The third-order valence-corrected chi connectivity index (χ3v) is 2.46. The van der Waals surface area contributed by atoms with Crippen LogP contribution in [0.3, 0.4) is 0 Å². The topological polar surface area (TPSA) is 47.1 Å². The van der Waals surface area contributed by atoms with E-state index in [0.717, 1.165) is 25.6 Å². The number of hydrogen-bond donors (Lipinski definition) is 1. The van der Waals surface area contributed by atoms with Crippen molar-refractivity contribution >= 4 is 5.82 Å². The first-order valence-corrected chi connectivity index (χ1v) is 5.55. The minimum atomic E-state index is 0.597. The predicted molar refractivity (Wildman–Crippen MR) is 63.6 cm³/mol. The number of nitrogen functional groups attached to an aromatic ring is 1. The summed E-state index contributed by atoms with van der Waals surface area (Å²) < 4.78 is 1.89. The molecule has 86 valence electrons. The molecule has 2 N–H and O–H groups in total. The van der Waals surface area contributed by atoms with Crippen LogP contribution in [0.2, 0.25) is 0 Å². The van der Waals surface area contributed by atoms with Crippen molar-refractivity contribution in [2.45, 2.75) is 26.8 Å². The molecule has 0 saturated carbocycles. The summed E-state index contributed by atoms with van der Waals surface area (Å²) in [6, 6.07) is 1.83. The molecule has 15 heavy (non-hydrogen) atoms. The molecule has 0 aliphatic rings. The van der Waals surface area contributed by atoms with Crippen LogP contribution >= 0.6 is 0 Å².